The van der Waals surface area contributed by atoms with Crippen molar-refractivity contribution in [1.82, 2.24) is 4.31 Å². The Balaban J connectivity index is 2.76. The Hall–Kier alpha value is -0.430. The molecular weight excluding hydrogens is 330 g/mol. The van der Waals surface area contributed by atoms with E-state index in [1.54, 1.807) is 25.2 Å². The number of benzene rings is 1. The number of unbranched alkanes of at least 4 members (excludes halogenated alkanes) is 2. The van der Waals surface area contributed by atoms with Gasteiger partial charge in [-0.1, -0.05) is 15.9 Å². The summed E-state index contributed by atoms with van der Waals surface area (Å²) in [4.78, 5) is 0.317. The first-order valence-corrected chi connectivity index (χ1v) is 8.46. The van der Waals surface area contributed by atoms with Gasteiger partial charge < -0.3 is 5.11 Å². The maximum atomic E-state index is 12.3. The van der Waals surface area contributed by atoms with Gasteiger partial charge in [0, 0.05) is 24.7 Å². The topological polar surface area (TPSA) is 57.6 Å². The number of aryl methyl sites for hydroxylation is 1. The molecule has 0 unspecified atom stereocenters. The first kappa shape index (κ1) is 16.6. The third-order valence-electron chi connectivity index (χ3n) is 2.97. The van der Waals surface area contributed by atoms with E-state index < -0.39 is 10.0 Å². The van der Waals surface area contributed by atoms with Gasteiger partial charge >= 0.3 is 0 Å². The lowest BCUT2D eigenvalue weighted by atomic mass is 10.2. The van der Waals surface area contributed by atoms with Crippen LogP contribution in [0.15, 0.2) is 27.6 Å². The summed E-state index contributed by atoms with van der Waals surface area (Å²) in [5, 5.41) is 8.69. The van der Waals surface area contributed by atoms with Crippen LogP contribution in [0, 0.1) is 6.92 Å². The summed E-state index contributed by atoms with van der Waals surface area (Å²) >= 11 is 3.36. The Morgan fingerprint density at radius 2 is 1.95 bits per heavy atom. The molecule has 1 N–H and O–H groups in total. The average molecular weight is 350 g/mol. The predicted octanol–water partition coefficient (Wildman–Crippen LogP) is 2.54. The third kappa shape index (κ3) is 4.56. The predicted molar refractivity (Wildman–Crippen MR) is 79.6 cm³/mol. The molecule has 0 amide bonds. The van der Waals surface area contributed by atoms with Crippen molar-refractivity contribution in [2.75, 3.05) is 20.2 Å². The number of hydrogen-bond donors (Lipinski definition) is 1. The van der Waals surface area contributed by atoms with Gasteiger partial charge in [0.1, 0.15) is 0 Å². The van der Waals surface area contributed by atoms with E-state index in [2.05, 4.69) is 15.9 Å². The maximum absolute atomic E-state index is 12.3. The second-order valence-electron chi connectivity index (χ2n) is 4.52. The maximum Gasteiger partial charge on any atom is 0.242 e. The summed E-state index contributed by atoms with van der Waals surface area (Å²) < 4.78 is 26.9. The van der Waals surface area contributed by atoms with Crippen LogP contribution in [-0.4, -0.2) is 38.0 Å². The van der Waals surface area contributed by atoms with Crippen molar-refractivity contribution in [2.45, 2.75) is 31.1 Å². The third-order valence-corrected chi connectivity index (χ3v) is 5.71. The van der Waals surface area contributed by atoms with Gasteiger partial charge in [-0.2, -0.15) is 0 Å². The number of aliphatic hydroxyl groups excluding tert-OH is 1. The normalized spacial score (nSPS) is 12.1. The zero-order valence-electron chi connectivity index (χ0n) is 11.3. The molecule has 0 fully saturated rings. The lowest BCUT2D eigenvalue weighted by molar-refractivity contribution is 0.281. The van der Waals surface area contributed by atoms with Crippen molar-refractivity contribution < 1.29 is 13.5 Å². The number of sulfonamides is 1. The van der Waals surface area contributed by atoms with E-state index in [-0.39, 0.29) is 6.61 Å². The Morgan fingerprint density at radius 1 is 1.26 bits per heavy atom. The van der Waals surface area contributed by atoms with E-state index in [9.17, 15) is 8.42 Å². The van der Waals surface area contributed by atoms with Gasteiger partial charge in [0.2, 0.25) is 10.0 Å². The summed E-state index contributed by atoms with van der Waals surface area (Å²) in [7, 11) is -1.83. The number of aliphatic hydroxyl groups is 1. The molecule has 1 rings (SSSR count). The van der Waals surface area contributed by atoms with Crippen molar-refractivity contribution in [3.05, 3.63) is 28.2 Å². The van der Waals surface area contributed by atoms with Gasteiger partial charge in [0.15, 0.2) is 0 Å². The molecule has 0 aliphatic heterocycles. The molecule has 0 heterocycles. The van der Waals surface area contributed by atoms with E-state index in [1.807, 2.05) is 6.92 Å². The zero-order valence-corrected chi connectivity index (χ0v) is 13.7. The summed E-state index contributed by atoms with van der Waals surface area (Å²) in [5.41, 5.74) is 0.898. The van der Waals surface area contributed by atoms with E-state index in [4.69, 9.17) is 5.11 Å². The van der Waals surface area contributed by atoms with Gasteiger partial charge in [0.25, 0.3) is 0 Å². The molecule has 0 bridgehead atoms. The van der Waals surface area contributed by atoms with Crippen LogP contribution in [0.5, 0.6) is 0 Å². The molecule has 0 saturated heterocycles. The van der Waals surface area contributed by atoms with Crippen LogP contribution in [-0.2, 0) is 10.0 Å². The Labute approximate surface area is 123 Å². The molecule has 0 radical (unpaired) electrons. The number of nitrogens with zero attached hydrogens (tertiary/aromatic N) is 1. The van der Waals surface area contributed by atoms with E-state index in [1.165, 1.54) is 4.31 Å². The van der Waals surface area contributed by atoms with E-state index >= 15 is 0 Å². The zero-order chi connectivity index (χ0) is 14.5. The number of halogens is 1. The first-order valence-electron chi connectivity index (χ1n) is 6.23. The highest BCUT2D eigenvalue weighted by atomic mass is 79.9. The molecule has 19 heavy (non-hydrogen) atoms. The molecule has 108 valence electrons. The minimum atomic E-state index is -3.42. The van der Waals surface area contributed by atoms with Crippen LogP contribution < -0.4 is 0 Å². The smallest absolute Gasteiger partial charge is 0.242 e. The fourth-order valence-corrected chi connectivity index (χ4v) is 3.24. The van der Waals surface area contributed by atoms with Gasteiger partial charge in [-0.25, -0.2) is 12.7 Å². The Bertz CT molecular complexity index is 517. The quantitative estimate of drug-likeness (QED) is 0.769. The minimum absolute atomic E-state index is 0.155. The lowest BCUT2D eigenvalue weighted by Gasteiger charge is -2.17. The van der Waals surface area contributed by atoms with Gasteiger partial charge in [0.05, 0.1) is 4.90 Å². The highest BCUT2D eigenvalue weighted by molar-refractivity contribution is 9.10. The largest absolute Gasteiger partial charge is 0.396 e. The van der Waals surface area contributed by atoms with Crippen molar-refractivity contribution >= 4 is 26.0 Å². The van der Waals surface area contributed by atoms with Crippen LogP contribution in [0.1, 0.15) is 24.8 Å². The van der Waals surface area contributed by atoms with Crippen LogP contribution in [0.4, 0.5) is 0 Å². The summed E-state index contributed by atoms with van der Waals surface area (Å²) in [6.45, 7) is 2.49. The van der Waals surface area contributed by atoms with Crippen LogP contribution in [0.2, 0.25) is 0 Å². The molecule has 6 heteroatoms. The molecule has 1 aromatic rings. The van der Waals surface area contributed by atoms with Crippen molar-refractivity contribution in [3.63, 3.8) is 0 Å². The molecule has 0 spiro atoms. The molecular formula is C13H20BrNO3S. The molecule has 0 aliphatic rings. The van der Waals surface area contributed by atoms with Crippen LogP contribution in [0.25, 0.3) is 0 Å². The molecule has 0 aliphatic carbocycles. The minimum Gasteiger partial charge on any atom is -0.396 e. The second kappa shape index (κ2) is 7.38. The summed E-state index contributed by atoms with van der Waals surface area (Å²) in [6.07, 6.45) is 2.30. The van der Waals surface area contributed by atoms with E-state index in [0.717, 1.165) is 22.9 Å². The standard InChI is InChI=1S/C13H20BrNO3S/c1-11-10-12(6-7-13(11)14)19(17,18)15(2)8-4-3-5-9-16/h6-7,10,16H,3-5,8-9H2,1-2H3. The Kier molecular flexibility index (Phi) is 6.46. The van der Waals surface area contributed by atoms with Gasteiger partial charge in [-0.15, -0.1) is 0 Å². The van der Waals surface area contributed by atoms with Crippen LogP contribution in [0.3, 0.4) is 0 Å². The SMILES string of the molecule is Cc1cc(S(=O)(=O)N(C)CCCCCO)ccc1Br. The van der Waals surface area contributed by atoms with Crippen molar-refractivity contribution in [2.24, 2.45) is 0 Å². The number of hydrogen-bond acceptors (Lipinski definition) is 3. The highest BCUT2D eigenvalue weighted by Gasteiger charge is 2.20. The van der Waals surface area contributed by atoms with E-state index in [0.29, 0.717) is 17.9 Å². The highest BCUT2D eigenvalue weighted by Crippen LogP contribution is 2.22. The van der Waals surface area contributed by atoms with Gasteiger partial charge in [-0.3, -0.25) is 0 Å². The Morgan fingerprint density at radius 3 is 2.53 bits per heavy atom. The molecule has 1 aromatic carbocycles. The monoisotopic (exact) mass is 349 g/mol. The fourth-order valence-electron chi connectivity index (χ4n) is 1.70. The molecule has 0 atom stereocenters. The molecule has 0 aromatic heterocycles. The van der Waals surface area contributed by atoms with Crippen molar-refractivity contribution in [3.8, 4) is 0 Å². The molecule has 0 saturated carbocycles. The van der Waals surface area contributed by atoms with Crippen molar-refractivity contribution in [1.29, 1.82) is 0 Å². The lowest BCUT2D eigenvalue weighted by Crippen LogP contribution is -2.28. The van der Waals surface area contributed by atoms with Gasteiger partial charge in [-0.05, 0) is 49.9 Å². The van der Waals surface area contributed by atoms with Crippen LogP contribution >= 0.6 is 15.9 Å². The second-order valence-corrected chi connectivity index (χ2v) is 7.42. The summed E-state index contributed by atoms with van der Waals surface area (Å²) in [5.74, 6) is 0. The average Bonchev–Trinajstić information content (AvgIpc) is 2.37. The fraction of sp³-hybridized carbons (Fsp3) is 0.538. The number of rotatable bonds is 7. The molecule has 4 nitrogen and oxygen atoms in total. The summed E-state index contributed by atoms with van der Waals surface area (Å²) in [6, 6.07) is 5.03. The first-order chi connectivity index (χ1) is 8.89.